The van der Waals surface area contributed by atoms with Crippen molar-refractivity contribution in [2.45, 2.75) is 19.8 Å². The molecule has 3 nitrogen and oxygen atoms in total. The number of hydrogen-bond acceptors (Lipinski definition) is 2. The summed E-state index contributed by atoms with van der Waals surface area (Å²) in [6.45, 7) is 1.87. The predicted octanol–water partition coefficient (Wildman–Crippen LogP) is 2.01. The molecule has 1 aliphatic heterocycles. The van der Waals surface area contributed by atoms with E-state index in [0.29, 0.717) is 6.42 Å². The zero-order valence-corrected chi connectivity index (χ0v) is 7.60. The number of nitrogens with zero attached hydrogens (tertiary/aromatic N) is 1. The highest BCUT2D eigenvalue weighted by atomic mass is 16.4. The van der Waals surface area contributed by atoms with E-state index in [9.17, 15) is 4.79 Å². The van der Waals surface area contributed by atoms with Crippen LogP contribution in [0.3, 0.4) is 0 Å². The number of rotatable bonds is 3. The highest BCUT2D eigenvalue weighted by Crippen LogP contribution is 2.16. The Balaban J connectivity index is 2.79. The third-order valence-corrected chi connectivity index (χ3v) is 2.01. The van der Waals surface area contributed by atoms with Crippen LogP contribution in [0.25, 0.3) is 0 Å². The Bertz CT molecular complexity index is 277. The lowest BCUT2D eigenvalue weighted by molar-refractivity contribution is -0.140. The first-order valence-electron chi connectivity index (χ1n) is 4.36. The second-order valence-corrected chi connectivity index (χ2v) is 2.90. The van der Waals surface area contributed by atoms with Gasteiger partial charge in [0.25, 0.3) is 0 Å². The van der Waals surface area contributed by atoms with Gasteiger partial charge < -0.3 is 5.11 Å². The van der Waals surface area contributed by atoms with Crippen molar-refractivity contribution >= 4 is 12.2 Å². The van der Waals surface area contributed by atoms with Crippen molar-refractivity contribution < 1.29 is 9.90 Å². The number of hydrogen-bond donors (Lipinski definition) is 1. The summed E-state index contributed by atoms with van der Waals surface area (Å²) in [7, 11) is 0. The van der Waals surface area contributed by atoms with E-state index in [1.54, 1.807) is 12.4 Å². The minimum atomic E-state index is -0.776. The van der Waals surface area contributed by atoms with E-state index in [0.717, 1.165) is 12.0 Å². The van der Waals surface area contributed by atoms with Gasteiger partial charge in [0, 0.05) is 12.4 Å². The molecule has 0 amide bonds. The lowest BCUT2D eigenvalue weighted by atomic mass is 9.96. The fourth-order valence-electron chi connectivity index (χ4n) is 1.29. The van der Waals surface area contributed by atoms with Gasteiger partial charge in [0.1, 0.15) is 0 Å². The molecule has 3 heteroatoms. The van der Waals surface area contributed by atoms with E-state index < -0.39 is 11.9 Å². The molecule has 0 aromatic carbocycles. The van der Waals surface area contributed by atoms with Crippen molar-refractivity contribution in [2.24, 2.45) is 10.9 Å². The van der Waals surface area contributed by atoms with Crippen molar-refractivity contribution in [2.75, 3.05) is 0 Å². The monoisotopic (exact) mass is 179 g/mol. The molecule has 0 fully saturated rings. The number of carboxylic acids is 1. The molecule has 0 radical (unpaired) electrons. The molecule has 1 rings (SSSR count). The summed E-state index contributed by atoms with van der Waals surface area (Å²) in [6, 6.07) is 0. The Morgan fingerprint density at radius 2 is 2.54 bits per heavy atom. The lowest BCUT2D eigenvalue weighted by Gasteiger charge is -2.09. The summed E-state index contributed by atoms with van der Waals surface area (Å²) in [6.07, 6.45) is 8.50. The highest BCUT2D eigenvalue weighted by Gasteiger charge is 2.18. The molecular weight excluding hydrogens is 166 g/mol. The molecule has 0 saturated carbocycles. The zero-order chi connectivity index (χ0) is 9.68. The third kappa shape index (κ3) is 2.54. The first kappa shape index (κ1) is 9.71. The molecule has 1 atom stereocenters. The molecule has 0 saturated heterocycles. The van der Waals surface area contributed by atoms with Crippen LogP contribution in [-0.4, -0.2) is 17.3 Å². The molecule has 0 bridgehead atoms. The smallest absolute Gasteiger partial charge is 0.311 e. The van der Waals surface area contributed by atoms with Crippen LogP contribution in [0.15, 0.2) is 28.9 Å². The summed E-state index contributed by atoms with van der Waals surface area (Å²) in [5.74, 6) is -1.19. The molecule has 0 aromatic rings. The van der Waals surface area contributed by atoms with Gasteiger partial charge in [-0.05, 0) is 18.4 Å². The van der Waals surface area contributed by atoms with Gasteiger partial charge in [-0.1, -0.05) is 19.1 Å². The lowest BCUT2D eigenvalue weighted by Crippen LogP contribution is -2.15. The molecule has 70 valence electrons. The Hall–Kier alpha value is -1.38. The molecule has 1 unspecified atom stereocenters. The maximum Gasteiger partial charge on any atom is 0.311 e. The number of allylic oxidation sites excluding steroid dienone is 2. The summed E-state index contributed by atoms with van der Waals surface area (Å²) in [4.78, 5) is 14.8. The molecule has 0 spiro atoms. The Kier molecular flexibility index (Phi) is 3.43. The van der Waals surface area contributed by atoms with Crippen molar-refractivity contribution in [3.63, 3.8) is 0 Å². The first-order valence-corrected chi connectivity index (χ1v) is 4.36. The van der Waals surface area contributed by atoms with Gasteiger partial charge in [0.2, 0.25) is 0 Å². The summed E-state index contributed by atoms with van der Waals surface area (Å²) >= 11 is 0. The van der Waals surface area contributed by atoms with Gasteiger partial charge in [-0.3, -0.25) is 9.79 Å². The molecule has 1 aliphatic rings. The summed E-state index contributed by atoms with van der Waals surface area (Å²) in [5, 5.41) is 8.89. The van der Waals surface area contributed by atoms with Crippen molar-refractivity contribution in [3.8, 4) is 0 Å². The Morgan fingerprint density at radius 1 is 1.77 bits per heavy atom. The minimum absolute atomic E-state index is 0.413. The van der Waals surface area contributed by atoms with Crippen LogP contribution in [0.4, 0.5) is 0 Å². The van der Waals surface area contributed by atoms with Gasteiger partial charge in [-0.15, -0.1) is 0 Å². The minimum Gasteiger partial charge on any atom is -0.481 e. The fraction of sp³-hybridized carbons (Fsp3) is 0.400. The quantitative estimate of drug-likeness (QED) is 0.720. The van der Waals surface area contributed by atoms with Gasteiger partial charge in [0.15, 0.2) is 0 Å². The first-order chi connectivity index (χ1) is 6.25. The van der Waals surface area contributed by atoms with Gasteiger partial charge in [-0.25, -0.2) is 0 Å². The molecule has 0 aliphatic carbocycles. The normalized spacial score (nSPS) is 17.8. The van der Waals surface area contributed by atoms with Crippen LogP contribution < -0.4 is 0 Å². The summed E-state index contributed by atoms with van der Waals surface area (Å²) < 4.78 is 0. The van der Waals surface area contributed by atoms with Gasteiger partial charge >= 0.3 is 5.97 Å². The fourth-order valence-corrected chi connectivity index (χ4v) is 1.29. The highest BCUT2D eigenvalue weighted by molar-refractivity contribution is 5.89. The van der Waals surface area contributed by atoms with E-state index in [1.807, 2.05) is 19.1 Å². The van der Waals surface area contributed by atoms with Crippen molar-refractivity contribution in [3.05, 3.63) is 23.9 Å². The van der Waals surface area contributed by atoms with Crippen LogP contribution in [-0.2, 0) is 4.79 Å². The average Bonchev–Trinajstić information content (AvgIpc) is 2.33. The van der Waals surface area contributed by atoms with Crippen LogP contribution in [0, 0.1) is 5.92 Å². The number of aliphatic carboxylic acids is 1. The molecular formula is C10H13NO2. The largest absolute Gasteiger partial charge is 0.481 e. The van der Waals surface area contributed by atoms with E-state index in [4.69, 9.17) is 5.11 Å². The Labute approximate surface area is 77.5 Å². The van der Waals surface area contributed by atoms with Crippen molar-refractivity contribution in [1.29, 1.82) is 0 Å². The maximum absolute atomic E-state index is 10.8. The van der Waals surface area contributed by atoms with Gasteiger partial charge in [0.05, 0.1) is 5.92 Å². The van der Waals surface area contributed by atoms with Crippen molar-refractivity contribution in [1.82, 2.24) is 0 Å². The van der Waals surface area contributed by atoms with Crippen LogP contribution in [0.5, 0.6) is 0 Å². The summed E-state index contributed by atoms with van der Waals surface area (Å²) in [5.41, 5.74) is 0.806. The number of aliphatic imine (C=N–C) groups is 1. The SMILES string of the molecule is CCC(C(=O)O)C1=CCC=CN=C1. The third-order valence-electron chi connectivity index (χ3n) is 2.01. The molecule has 1 heterocycles. The standard InChI is InChI=1S/C10H13NO2/c1-2-9(10(12)13)8-5-3-4-6-11-7-8/h4-7,9H,2-3H2,1H3,(H,12,13). The van der Waals surface area contributed by atoms with Crippen LogP contribution in [0.2, 0.25) is 0 Å². The molecule has 0 aromatic heterocycles. The molecule has 1 N–H and O–H groups in total. The van der Waals surface area contributed by atoms with Crippen LogP contribution >= 0.6 is 0 Å². The van der Waals surface area contributed by atoms with E-state index >= 15 is 0 Å². The average molecular weight is 179 g/mol. The maximum atomic E-state index is 10.8. The predicted molar refractivity (Wildman–Crippen MR) is 51.7 cm³/mol. The molecule has 13 heavy (non-hydrogen) atoms. The van der Waals surface area contributed by atoms with E-state index in [-0.39, 0.29) is 0 Å². The van der Waals surface area contributed by atoms with Gasteiger partial charge in [-0.2, -0.15) is 0 Å². The van der Waals surface area contributed by atoms with Crippen LogP contribution in [0.1, 0.15) is 19.8 Å². The zero-order valence-electron chi connectivity index (χ0n) is 7.60. The Morgan fingerprint density at radius 3 is 3.15 bits per heavy atom. The van der Waals surface area contributed by atoms with E-state index in [1.165, 1.54) is 0 Å². The second-order valence-electron chi connectivity index (χ2n) is 2.90. The number of carbonyl (C=O) groups is 1. The second kappa shape index (κ2) is 4.60. The number of carboxylic acid groups (broad SMARTS) is 1. The van der Waals surface area contributed by atoms with E-state index in [2.05, 4.69) is 4.99 Å². The topological polar surface area (TPSA) is 49.7 Å².